The fraction of sp³-hybridized carbons (Fsp3) is 0.750. The SMILES string of the molecule is CCSC(SCC)C(OC(C)=O)C(OC(C)=O)C(OC(C)=O)C(COC(C)=O)OC(C)=O. The number of hydrogen-bond acceptors (Lipinski definition) is 12. The van der Waals surface area contributed by atoms with Crippen LogP contribution in [-0.4, -0.2) is 77.0 Å². The van der Waals surface area contributed by atoms with E-state index in [2.05, 4.69) is 0 Å². The quantitative estimate of drug-likeness (QED) is 0.198. The Labute approximate surface area is 196 Å². The van der Waals surface area contributed by atoms with Gasteiger partial charge in [-0.15, -0.1) is 23.5 Å². The largest absolute Gasteiger partial charge is 0.462 e. The maximum absolute atomic E-state index is 12.0. The summed E-state index contributed by atoms with van der Waals surface area (Å²) in [5.41, 5.74) is 0. The molecule has 184 valence electrons. The highest BCUT2D eigenvalue weighted by Gasteiger charge is 2.46. The van der Waals surface area contributed by atoms with Gasteiger partial charge in [-0.2, -0.15) is 0 Å². The molecule has 32 heavy (non-hydrogen) atoms. The van der Waals surface area contributed by atoms with Crippen LogP contribution in [0.4, 0.5) is 0 Å². The summed E-state index contributed by atoms with van der Waals surface area (Å²) in [5, 5.41) is 0. The van der Waals surface area contributed by atoms with E-state index in [9.17, 15) is 24.0 Å². The van der Waals surface area contributed by atoms with E-state index in [0.717, 1.165) is 27.7 Å². The normalized spacial score (nSPS) is 14.5. The maximum atomic E-state index is 12.0. The highest BCUT2D eigenvalue weighted by Crippen LogP contribution is 2.33. The van der Waals surface area contributed by atoms with Crippen molar-refractivity contribution < 1.29 is 47.7 Å². The summed E-state index contributed by atoms with van der Waals surface area (Å²) in [4.78, 5) is 58.9. The fourth-order valence-electron chi connectivity index (χ4n) is 2.70. The average molecular weight is 497 g/mol. The van der Waals surface area contributed by atoms with Gasteiger partial charge < -0.3 is 23.7 Å². The van der Waals surface area contributed by atoms with E-state index >= 15 is 0 Å². The molecule has 0 heterocycles. The Morgan fingerprint density at radius 1 is 0.594 bits per heavy atom. The van der Waals surface area contributed by atoms with Crippen LogP contribution in [-0.2, 0) is 47.7 Å². The van der Waals surface area contributed by atoms with Crippen LogP contribution < -0.4 is 0 Å². The molecule has 0 saturated heterocycles. The standard InChI is InChI=1S/C20H32O10S2/c1-8-31-20(32-9-2)19(30-15(7)25)18(29-14(6)24)17(28-13(5)23)16(27-12(4)22)10-26-11(3)21/h16-20H,8-10H2,1-7H3. The van der Waals surface area contributed by atoms with Crippen LogP contribution in [0, 0.1) is 0 Å². The number of rotatable bonds is 14. The van der Waals surface area contributed by atoms with Crippen molar-refractivity contribution >= 4 is 53.4 Å². The van der Waals surface area contributed by atoms with E-state index in [-0.39, 0.29) is 0 Å². The van der Waals surface area contributed by atoms with E-state index in [1.165, 1.54) is 30.4 Å². The van der Waals surface area contributed by atoms with Crippen LogP contribution in [0.2, 0.25) is 0 Å². The third kappa shape index (κ3) is 12.2. The number of ether oxygens (including phenoxy) is 5. The lowest BCUT2D eigenvalue weighted by molar-refractivity contribution is -0.201. The highest BCUT2D eigenvalue weighted by atomic mass is 32.2. The van der Waals surface area contributed by atoms with Crippen molar-refractivity contribution in [3.8, 4) is 0 Å². The minimum absolute atomic E-state index is 0.400. The first kappa shape index (κ1) is 30.0. The first-order chi connectivity index (χ1) is 14.9. The van der Waals surface area contributed by atoms with E-state index in [0.29, 0.717) is 11.5 Å². The number of carbonyl (C=O) groups is 5. The Balaban J connectivity index is 6.51. The van der Waals surface area contributed by atoms with Crippen molar-refractivity contribution in [1.29, 1.82) is 0 Å². The zero-order valence-corrected chi connectivity index (χ0v) is 21.0. The van der Waals surface area contributed by atoms with Crippen molar-refractivity contribution in [2.75, 3.05) is 18.1 Å². The molecule has 0 amide bonds. The van der Waals surface area contributed by atoms with E-state index < -0.39 is 65.5 Å². The molecule has 10 nitrogen and oxygen atoms in total. The van der Waals surface area contributed by atoms with E-state index in [1.807, 2.05) is 13.8 Å². The lowest BCUT2D eigenvalue weighted by atomic mass is 10.0. The molecule has 0 aliphatic heterocycles. The molecule has 0 rings (SSSR count). The van der Waals surface area contributed by atoms with Crippen LogP contribution in [0.3, 0.4) is 0 Å². The van der Waals surface area contributed by atoms with Crippen molar-refractivity contribution in [1.82, 2.24) is 0 Å². The predicted octanol–water partition coefficient (Wildman–Crippen LogP) is 2.11. The third-order valence-corrected chi connectivity index (χ3v) is 6.30. The van der Waals surface area contributed by atoms with Gasteiger partial charge in [-0.05, 0) is 11.5 Å². The summed E-state index contributed by atoms with van der Waals surface area (Å²) in [7, 11) is 0. The van der Waals surface area contributed by atoms with Crippen molar-refractivity contribution in [3.63, 3.8) is 0 Å². The van der Waals surface area contributed by atoms with Gasteiger partial charge in [0.25, 0.3) is 0 Å². The number of esters is 5. The molecule has 4 unspecified atom stereocenters. The van der Waals surface area contributed by atoms with Crippen molar-refractivity contribution in [3.05, 3.63) is 0 Å². The molecule has 0 spiro atoms. The van der Waals surface area contributed by atoms with Gasteiger partial charge >= 0.3 is 29.8 Å². The van der Waals surface area contributed by atoms with Crippen molar-refractivity contribution in [2.24, 2.45) is 0 Å². The third-order valence-electron chi connectivity index (χ3n) is 3.62. The molecule has 0 radical (unpaired) electrons. The Hall–Kier alpha value is -1.95. The lowest BCUT2D eigenvalue weighted by Gasteiger charge is -2.37. The second-order valence-corrected chi connectivity index (χ2v) is 9.59. The molecule has 0 bridgehead atoms. The first-order valence-corrected chi connectivity index (χ1v) is 12.1. The Morgan fingerprint density at radius 2 is 1.00 bits per heavy atom. The van der Waals surface area contributed by atoms with E-state index in [4.69, 9.17) is 23.7 Å². The van der Waals surface area contributed by atoms with Crippen LogP contribution in [0.25, 0.3) is 0 Å². The molecule has 12 heteroatoms. The minimum Gasteiger partial charge on any atom is -0.462 e. The molecule has 0 saturated carbocycles. The molecule has 0 aromatic heterocycles. The minimum atomic E-state index is -1.42. The van der Waals surface area contributed by atoms with Crippen LogP contribution in [0.1, 0.15) is 48.5 Å². The molecular formula is C20H32O10S2. The Bertz CT molecular complexity index is 648. The smallest absolute Gasteiger partial charge is 0.303 e. The van der Waals surface area contributed by atoms with Gasteiger partial charge in [-0.1, -0.05) is 13.8 Å². The zero-order chi connectivity index (χ0) is 24.8. The van der Waals surface area contributed by atoms with Crippen LogP contribution in [0.5, 0.6) is 0 Å². The summed E-state index contributed by atoms with van der Waals surface area (Å²) in [6.45, 7) is 9.09. The second-order valence-electron chi connectivity index (χ2n) is 6.45. The van der Waals surface area contributed by atoms with Gasteiger partial charge in [0.1, 0.15) is 6.61 Å². The first-order valence-electron chi connectivity index (χ1n) is 9.98. The summed E-state index contributed by atoms with van der Waals surface area (Å²) in [6.07, 6.45) is -5.14. The van der Waals surface area contributed by atoms with Gasteiger partial charge in [0.15, 0.2) is 24.4 Å². The van der Waals surface area contributed by atoms with Crippen molar-refractivity contribution in [2.45, 2.75) is 77.5 Å². The molecule has 0 aromatic carbocycles. The molecule has 0 fully saturated rings. The highest BCUT2D eigenvalue weighted by molar-refractivity contribution is 8.17. The molecular weight excluding hydrogens is 464 g/mol. The zero-order valence-electron chi connectivity index (χ0n) is 19.4. The van der Waals surface area contributed by atoms with Gasteiger partial charge in [0.05, 0.1) is 4.58 Å². The monoisotopic (exact) mass is 496 g/mol. The Kier molecular flexibility index (Phi) is 14.8. The molecule has 0 N–H and O–H groups in total. The average Bonchev–Trinajstić information content (AvgIpc) is 2.65. The topological polar surface area (TPSA) is 132 Å². The summed E-state index contributed by atoms with van der Waals surface area (Å²) >= 11 is 2.89. The summed E-state index contributed by atoms with van der Waals surface area (Å²) in [5.74, 6) is -2.24. The number of hydrogen-bond donors (Lipinski definition) is 0. The van der Waals surface area contributed by atoms with Gasteiger partial charge in [-0.25, -0.2) is 0 Å². The van der Waals surface area contributed by atoms with Gasteiger partial charge in [0, 0.05) is 34.6 Å². The predicted molar refractivity (Wildman–Crippen MR) is 119 cm³/mol. The van der Waals surface area contributed by atoms with Gasteiger partial charge in [-0.3, -0.25) is 24.0 Å². The molecule has 0 aliphatic carbocycles. The van der Waals surface area contributed by atoms with E-state index in [1.54, 1.807) is 0 Å². The number of carbonyl (C=O) groups excluding carboxylic acids is 5. The Morgan fingerprint density at radius 3 is 1.38 bits per heavy atom. The molecule has 0 aromatic rings. The fourth-order valence-corrected chi connectivity index (χ4v) is 5.36. The summed E-state index contributed by atoms with van der Waals surface area (Å²) in [6, 6.07) is 0. The lowest BCUT2D eigenvalue weighted by Crippen LogP contribution is -2.55. The number of thioether (sulfide) groups is 2. The second kappa shape index (κ2) is 15.8. The molecule has 4 atom stereocenters. The van der Waals surface area contributed by atoms with Gasteiger partial charge in [0.2, 0.25) is 0 Å². The van der Waals surface area contributed by atoms with Crippen LogP contribution >= 0.6 is 23.5 Å². The molecule has 0 aliphatic rings. The van der Waals surface area contributed by atoms with Crippen LogP contribution in [0.15, 0.2) is 0 Å². The summed E-state index contributed by atoms with van der Waals surface area (Å²) < 4.78 is 26.2. The maximum Gasteiger partial charge on any atom is 0.303 e.